The normalized spacial score (nSPS) is 12.6. The summed E-state index contributed by atoms with van der Waals surface area (Å²) in [6.07, 6.45) is 10.7. The molecule has 1 spiro atoms. The summed E-state index contributed by atoms with van der Waals surface area (Å²) in [7, 11) is 0. The van der Waals surface area contributed by atoms with E-state index in [1.807, 2.05) is 66.7 Å². The van der Waals surface area contributed by atoms with Crippen LogP contribution in [0.25, 0.3) is 101 Å². The van der Waals surface area contributed by atoms with Gasteiger partial charge in [-0.1, -0.05) is 109 Å². The van der Waals surface area contributed by atoms with Gasteiger partial charge in [-0.2, -0.15) is 0 Å². The van der Waals surface area contributed by atoms with Crippen molar-refractivity contribution < 1.29 is 0 Å². The molecule has 0 N–H and O–H groups in total. The highest BCUT2D eigenvalue weighted by atomic mass is 14.9. The SMILES string of the molecule is c1ccc(-c2nc(-c3ccncc3)cc(-c3ccc(-c4ccc5c(c4)C4(c6ccccc6-c6ccccc64)c4cc(-c6cc(-c7ccncc7)nc(-c7ccccn7)n6)ccc4-5)cc3)n2)nc1. The van der Waals surface area contributed by atoms with Crippen molar-refractivity contribution in [1.82, 2.24) is 39.9 Å². The van der Waals surface area contributed by atoms with Crippen LogP contribution in [0.2, 0.25) is 0 Å². The molecule has 8 nitrogen and oxygen atoms in total. The summed E-state index contributed by atoms with van der Waals surface area (Å²) >= 11 is 0. The summed E-state index contributed by atoms with van der Waals surface area (Å²) < 4.78 is 0. The fourth-order valence-corrected chi connectivity index (χ4v) is 10.1. The molecule has 312 valence electrons. The van der Waals surface area contributed by atoms with Crippen molar-refractivity contribution in [2.45, 2.75) is 5.41 Å². The first-order valence-electron chi connectivity index (χ1n) is 22.2. The second kappa shape index (κ2) is 15.5. The first kappa shape index (κ1) is 38.3. The molecule has 0 saturated carbocycles. The predicted octanol–water partition coefficient (Wildman–Crippen LogP) is 12.9. The number of hydrogen-bond donors (Lipinski definition) is 0. The Morgan fingerprint density at radius 3 is 1.13 bits per heavy atom. The highest BCUT2D eigenvalue weighted by Crippen LogP contribution is 2.63. The molecule has 0 unspecified atom stereocenters. The molecular formula is C59H36N8. The van der Waals surface area contributed by atoms with Crippen LogP contribution >= 0.6 is 0 Å². The van der Waals surface area contributed by atoms with Crippen LogP contribution in [0.5, 0.6) is 0 Å². The Bertz CT molecular complexity index is 3510. The number of fused-ring (bicyclic) bond motifs is 10. The molecule has 0 saturated heterocycles. The van der Waals surface area contributed by atoms with E-state index in [2.05, 4.69) is 135 Å². The Morgan fingerprint density at radius 2 is 0.642 bits per heavy atom. The van der Waals surface area contributed by atoms with Gasteiger partial charge in [-0.15, -0.1) is 0 Å². The van der Waals surface area contributed by atoms with Gasteiger partial charge in [0.2, 0.25) is 0 Å². The molecule has 2 aliphatic rings. The van der Waals surface area contributed by atoms with E-state index in [1.165, 1.54) is 44.5 Å². The molecule has 2 aliphatic carbocycles. The van der Waals surface area contributed by atoms with E-state index in [1.54, 1.807) is 37.2 Å². The third kappa shape index (κ3) is 6.30. The van der Waals surface area contributed by atoms with Gasteiger partial charge >= 0.3 is 0 Å². The molecule has 8 heteroatoms. The Kier molecular flexibility index (Phi) is 8.89. The van der Waals surface area contributed by atoms with Crippen molar-refractivity contribution >= 4 is 0 Å². The maximum atomic E-state index is 5.20. The molecule has 0 fully saturated rings. The van der Waals surface area contributed by atoms with Crippen molar-refractivity contribution in [1.29, 1.82) is 0 Å². The van der Waals surface area contributed by atoms with Crippen molar-refractivity contribution in [3.05, 3.63) is 241 Å². The van der Waals surface area contributed by atoms with Crippen LogP contribution in [0, 0.1) is 0 Å². The first-order valence-corrected chi connectivity index (χ1v) is 22.2. The molecule has 67 heavy (non-hydrogen) atoms. The van der Waals surface area contributed by atoms with E-state index in [9.17, 15) is 0 Å². The quantitative estimate of drug-likeness (QED) is 0.156. The molecule has 0 amide bonds. The second-order valence-electron chi connectivity index (χ2n) is 16.8. The maximum Gasteiger partial charge on any atom is 0.179 e. The minimum Gasteiger partial charge on any atom is -0.265 e. The van der Waals surface area contributed by atoms with Gasteiger partial charge in [0.05, 0.1) is 28.2 Å². The van der Waals surface area contributed by atoms with E-state index in [4.69, 9.17) is 19.9 Å². The van der Waals surface area contributed by atoms with E-state index < -0.39 is 5.41 Å². The van der Waals surface area contributed by atoms with Gasteiger partial charge in [-0.3, -0.25) is 19.9 Å². The zero-order valence-electron chi connectivity index (χ0n) is 35.9. The summed E-state index contributed by atoms with van der Waals surface area (Å²) in [5.74, 6) is 1.14. The lowest BCUT2D eigenvalue weighted by Gasteiger charge is -2.31. The Labute approximate surface area is 386 Å². The monoisotopic (exact) mass is 856 g/mol. The van der Waals surface area contributed by atoms with Gasteiger partial charge in [0, 0.05) is 59.4 Å². The molecule has 0 atom stereocenters. The largest absolute Gasteiger partial charge is 0.265 e. The summed E-state index contributed by atoms with van der Waals surface area (Å²) in [6, 6.07) is 64.0. The Balaban J connectivity index is 0.958. The third-order valence-electron chi connectivity index (χ3n) is 13.1. The molecular weight excluding hydrogens is 821 g/mol. The Hall–Kier alpha value is -9.14. The summed E-state index contributed by atoms with van der Waals surface area (Å²) in [5.41, 5.74) is 20.2. The predicted molar refractivity (Wildman–Crippen MR) is 263 cm³/mol. The zero-order valence-corrected chi connectivity index (χ0v) is 35.9. The van der Waals surface area contributed by atoms with Gasteiger partial charge < -0.3 is 0 Å². The molecule has 0 radical (unpaired) electrons. The number of aromatic nitrogens is 8. The van der Waals surface area contributed by atoms with Crippen molar-refractivity contribution in [2.75, 3.05) is 0 Å². The van der Waals surface area contributed by atoms with Gasteiger partial charge in [0.25, 0.3) is 0 Å². The lowest BCUT2D eigenvalue weighted by molar-refractivity contribution is 0.794. The molecule has 6 heterocycles. The van der Waals surface area contributed by atoms with Gasteiger partial charge in [0.15, 0.2) is 11.6 Å². The minimum atomic E-state index is -0.583. The van der Waals surface area contributed by atoms with Crippen LogP contribution in [0.4, 0.5) is 0 Å². The van der Waals surface area contributed by atoms with Crippen LogP contribution in [0.1, 0.15) is 22.3 Å². The number of rotatable bonds is 7. The van der Waals surface area contributed by atoms with Gasteiger partial charge in [0.1, 0.15) is 11.4 Å². The topological polar surface area (TPSA) is 103 Å². The highest BCUT2D eigenvalue weighted by Gasteiger charge is 2.51. The fraction of sp³-hybridized carbons (Fsp3) is 0.0169. The number of nitrogens with zero attached hydrogens (tertiary/aromatic N) is 8. The number of hydrogen-bond acceptors (Lipinski definition) is 8. The van der Waals surface area contributed by atoms with E-state index in [-0.39, 0.29) is 0 Å². The Morgan fingerprint density at radius 1 is 0.254 bits per heavy atom. The average molecular weight is 857 g/mol. The van der Waals surface area contributed by atoms with Crippen molar-refractivity contribution in [3.8, 4) is 101 Å². The smallest absolute Gasteiger partial charge is 0.179 e. The lowest BCUT2D eigenvalue weighted by Crippen LogP contribution is -2.26. The third-order valence-corrected chi connectivity index (χ3v) is 13.1. The molecule has 13 rings (SSSR count). The molecule has 11 aromatic rings. The van der Waals surface area contributed by atoms with Crippen molar-refractivity contribution in [3.63, 3.8) is 0 Å². The summed E-state index contributed by atoms with van der Waals surface area (Å²) in [5, 5.41) is 0. The molecule has 0 aliphatic heterocycles. The van der Waals surface area contributed by atoms with E-state index in [0.717, 1.165) is 56.2 Å². The fourth-order valence-electron chi connectivity index (χ4n) is 10.1. The van der Waals surface area contributed by atoms with E-state index in [0.29, 0.717) is 23.0 Å². The molecule has 0 bridgehead atoms. The van der Waals surface area contributed by atoms with Gasteiger partial charge in [-0.25, -0.2) is 19.9 Å². The standard InChI is InChI=1S/C59H36N8/c1-3-11-47-43(9-1)44-10-2-4-12-48(44)59(47)49-33-41(37-15-17-38(18-16-37)53-35-54(39-23-29-60-30-24-39)65-57(64-53)51-13-5-7-27-62-51)19-21-45(49)46-22-20-42(34-50(46)59)56-36-55(40-25-31-61-32-26-40)66-58(67-56)52-14-6-8-28-63-52/h1-36H. The minimum absolute atomic E-state index is 0.568. The summed E-state index contributed by atoms with van der Waals surface area (Å²) in [4.78, 5) is 37.9. The van der Waals surface area contributed by atoms with Crippen LogP contribution in [0.3, 0.4) is 0 Å². The van der Waals surface area contributed by atoms with Crippen molar-refractivity contribution in [2.24, 2.45) is 0 Å². The average Bonchev–Trinajstić information content (AvgIpc) is 3.88. The second-order valence-corrected chi connectivity index (χ2v) is 16.8. The zero-order chi connectivity index (χ0) is 44.3. The van der Waals surface area contributed by atoms with Crippen LogP contribution in [0.15, 0.2) is 219 Å². The maximum absolute atomic E-state index is 5.20. The first-order chi connectivity index (χ1) is 33.2. The summed E-state index contributed by atoms with van der Waals surface area (Å²) in [6.45, 7) is 0. The molecule has 6 aromatic heterocycles. The molecule has 5 aromatic carbocycles. The van der Waals surface area contributed by atoms with Crippen LogP contribution in [-0.2, 0) is 5.41 Å². The van der Waals surface area contributed by atoms with Crippen LogP contribution < -0.4 is 0 Å². The number of benzene rings is 5. The number of pyridine rings is 4. The van der Waals surface area contributed by atoms with E-state index >= 15 is 0 Å². The highest BCUT2D eigenvalue weighted by molar-refractivity contribution is 5.97. The van der Waals surface area contributed by atoms with Crippen LogP contribution in [-0.4, -0.2) is 39.9 Å². The lowest BCUT2D eigenvalue weighted by atomic mass is 9.70. The van der Waals surface area contributed by atoms with Gasteiger partial charge in [-0.05, 0) is 128 Å².